The maximum atomic E-state index is 10.7. The highest BCUT2D eigenvalue weighted by atomic mass is 16.1. The Hall–Kier alpha value is -3.22. The van der Waals surface area contributed by atoms with Crippen molar-refractivity contribution in [3.05, 3.63) is 48.5 Å². The number of pyridine rings is 1. The van der Waals surface area contributed by atoms with Crippen molar-refractivity contribution in [2.45, 2.75) is 6.42 Å². The van der Waals surface area contributed by atoms with Gasteiger partial charge in [0.2, 0.25) is 6.41 Å². The molecule has 7 heteroatoms. The molecular formula is C17H16N6O. The standard InChI is InChI=1S/C17H16N6O/c1-22(11-24)8-5-12-9-14-13(4-7-18-17(14)21-12)15-10-20-23-16(15)3-2-6-19-23/h2-4,6-7,9-11H,5,8H2,1H3,(H,18,21). The summed E-state index contributed by atoms with van der Waals surface area (Å²) in [4.78, 5) is 20.1. The minimum atomic E-state index is 0.659. The molecule has 1 N–H and O–H groups in total. The lowest BCUT2D eigenvalue weighted by atomic mass is 10.1. The second-order valence-corrected chi connectivity index (χ2v) is 5.71. The molecule has 4 rings (SSSR count). The highest BCUT2D eigenvalue weighted by Gasteiger charge is 2.13. The van der Waals surface area contributed by atoms with E-state index in [1.54, 1.807) is 29.0 Å². The fourth-order valence-electron chi connectivity index (χ4n) is 2.84. The molecule has 0 saturated carbocycles. The summed E-state index contributed by atoms with van der Waals surface area (Å²) < 4.78 is 1.62. The van der Waals surface area contributed by atoms with Crippen LogP contribution in [0.15, 0.2) is 42.9 Å². The number of hydrogen-bond donors (Lipinski definition) is 1. The predicted molar refractivity (Wildman–Crippen MR) is 90.5 cm³/mol. The van der Waals surface area contributed by atoms with Gasteiger partial charge in [-0.3, -0.25) is 4.79 Å². The number of carbonyl (C=O) groups is 1. The molecule has 4 aromatic heterocycles. The number of aromatic amines is 1. The van der Waals surface area contributed by atoms with Crippen molar-refractivity contribution in [1.29, 1.82) is 0 Å². The maximum absolute atomic E-state index is 10.7. The van der Waals surface area contributed by atoms with Crippen LogP contribution in [0.2, 0.25) is 0 Å². The topological polar surface area (TPSA) is 79.2 Å². The number of aromatic nitrogens is 5. The van der Waals surface area contributed by atoms with Crippen molar-refractivity contribution in [3.63, 3.8) is 0 Å². The van der Waals surface area contributed by atoms with Crippen LogP contribution >= 0.6 is 0 Å². The van der Waals surface area contributed by atoms with Gasteiger partial charge in [0.25, 0.3) is 0 Å². The van der Waals surface area contributed by atoms with Gasteiger partial charge < -0.3 is 9.88 Å². The summed E-state index contributed by atoms with van der Waals surface area (Å²) in [6.45, 7) is 0.659. The van der Waals surface area contributed by atoms with Crippen molar-refractivity contribution < 1.29 is 4.79 Å². The van der Waals surface area contributed by atoms with Gasteiger partial charge in [-0.2, -0.15) is 14.8 Å². The molecule has 0 fully saturated rings. The van der Waals surface area contributed by atoms with Gasteiger partial charge in [-0.1, -0.05) is 0 Å². The van der Waals surface area contributed by atoms with Crippen LogP contribution in [0, 0.1) is 0 Å². The number of likely N-dealkylation sites (N-methyl/N-ethyl adjacent to an activating group) is 1. The Bertz CT molecular complexity index is 1020. The fourth-order valence-corrected chi connectivity index (χ4v) is 2.84. The SMILES string of the molecule is CN(C=O)CCc1cc2c(-c3cnn4ncccc34)ccnc2[nH]1. The van der Waals surface area contributed by atoms with E-state index in [-0.39, 0.29) is 0 Å². The van der Waals surface area contributed by atoms with Crippen LogP contribution in [0.4, 0.5) is 0 Å². The molecule has 1 amide bonds. The maximum Gasteiger partial charge on any atom is 0.209 e. The van der Waals surface area contributed by atoms with Gasteiger partial charge in [-0.05, 0) is 29.8 Å². The van der Waals surface area contributed by atoms with Crippen molar-refractivity contribution in [2.24, 2.45) is 0 Å². The van der Waals surface area contributed by atoms with Gasteiger partial charge in [0, 0.05) is 49.1 Å². The van der Waals surface area contributed by atoms with Gasteiger partial charge >= 0.3 is 0 Å². The Balaban J connectivity index is 1.78. The molecule has 24 heavy (non-hydrogen) atoms. The van der Waals surface area contributed by atoms with E-state index in [0.717, 1.165) is 46.2 Å². The zero-order valence-corrected chi connectivity index (χ0v) is 13.2. The van der Waals surface area contributed by atoms with Crippen molar-refractivity contribution in [1.82, 2.24) is 29.7 Å². The Morgan fingerprint density at radius 2 is 2.17 bits per heavy atom. The lowest BCUT2D eigenvalue weighted by Gasteiger charge is -2.08. The van der Waals surface area contributed by atoms with E-state index in [1.807, 2.05) is 24.4 Å². The van der Waals surface area contributed by atoms with E-state index in [2.05, 4.69) is 26.2 Å². The van der Waals surface area contributed by atoms with Crippen molar-refractivity contribution in [2.75, 3.05) is 13.6 Å². The largest absolute Gasteiger partial charge is 0.348 e. The van der Waals surface area contributed by atoms with Gasteiger partial charge in [0.1, 0.15) is 5.65 Å². The number of hydrogen-bond acceptors (Lipinski definition) is 4. The molecule has 0 saturated heterocycles. The summed E-state index contributed by atoms with van der Waals surface area (Å²) in [6.07, 6.45) is 6.91. The average molecular weight is 320 g/mol. The van der Waals surface area contributed by atoms with Crippen LogP contribution in [-0.2, 0) is 11.2 Å². The first kappa shape index (κ1) is 14.4. The molecule has 0 unspecified atom stereocenters. The van der Waals surface area contributed by atoms with Crippen LogP contribution in [0.5, 0.6) is 0 Å². The zero-order valence-electron chi connectivity index (χ0n) is 13.2. The van der Waals surface area contributed by atoms with Crippen LogP contribution in [0.1, 0.15) is 5.69 Å². The second kappa shape index (κ2) is 5.77. The van der Waals surface area contributed by atoms with Gasteiger partial charge in [-0.15, -0.1) is 0 Å². The average Bonchev–Trinajstić information content (AvgIpc) is 3.23. The van der Waals surface area contributed by atoms with E-state index in [4.69, 9.17) is 0 Å². The first-order valence-corrected chi connectivity index (χ1v) is 7.68. The third kappa shape index (κ3) is 2.40. The third-order valence-corrected chi connectivity index (χ3v) is 4.10. The molecule has 120 valence electrons. The Morgan fingerprint density at radius 1 is 1.25 bits per heavy atom. The second-order valence-electron chi connectivity index (χ2n) is 5.71. The fraction of sp³-hybridized carbons (Fsp3) is 0.176. The van der Waals surface area contributed by atoms with Crippen LogP contribution in [0.3, 0.4) is 0 Å². The molecule has 0 aliphatic heterocycles. The van der Waals surface area contributed by atoms with Crippen LogP contribution in [-0.4, -0.2) is 49.7 Å². The summed E-state index contributed by atoms with van der Waals surface area (Å²) in [5.74, 6) is 0. The lowest BCUT2D eigenvalue weighted by molar-refractivity contribution is -0.116. The molecule has 0 atom stereocenters. The van der Waals surface area contributed by atoms with Crippen LogP contribution in [0.25, 0.3) is 27.7 Å². The molecule has 0 bridgehead atoms. The molecule has 4 aromatic rings. The number of nitrogens with zero attached hydrogens (tertiary/aromatic N) is 5. The summed E-state index contributed by atoms with van der Waals surface area (Å²) in [7, 11) is 1.77. The molecular weight excluding hydrogens is 304 g/mol. The van der Waals surface area contributed by atoms with Gasteiger partial charge in [0.15, 0.2) is 0 Å². The summed E-state index contributed by atoms with van der Waals surface area (Å²) in [5, 5.41) is 9.56. The third-order valence-electron chi connectivity index (χ3n) is 4.10. The number of nitrogens with one attached hydrogen (secondary N) is 1. The summed E-state index contributed by atoms with van der Waals surface area (Å²) in [6, 6.07) is 7.97. The van der Waals surface area contributed by atoms with Crippen LogP contribution < -0.4 is 0 Å². The minimum absolute atomic E-state index is 0.659. The smallest absolute Gasteiger partial charge is 0.209 e. The van der Waals surface area contributed by atoms with Gasteiger partial charge in [0.05, 0.1) is 11.7 Å². The number of rotatable bonds is 5. The predicted octanol–water partition coefficient (Wildman–Crippen LogP) is 1.90. The van der Waals surface area contributed by atoms with Gasteiger partial charge in [-0.25, -0.2) is 4.98 Å². The molecule has 0 aliphatic rings. The van der Waals surface area contributed by atoms with E-state index in [9.17, 15) is 4.79 Å². The highest BCUT2D eigenvalue weighted by molar-refractivity contribution is 5.97. The highest BCUT2D eigenvalue weighted by Crippen LogP contribution is 2.30. The normalized spacial score (nSPS) is 11.2. The number of H-pyrrole nitrogens is 1. The Kier molecular flexibility index (Phi) is 3.45. The molecule has 0 aromatic carbocycles. The quantitative estimate of drug-likeness (QED) is 0.570. The Labute approximate surface area is 137 Å². The first-order chi connectivity index (χ1) is 11.8. The number of amides is 1. The molecule has 0 spiro atoms. The Morgan fingerprint density at radius 3 is 3.04 bits per heavy atom. The monoisotopic (exact) mass is 320 g/mol. The molecule has 0 radical (unpaired) electrons. The number of carbonyl (C=O) groups excluding carboxylic acids is 1. The van der Waals surface area contributed by atoms with Crippen molar-refractivity contribution in [3.8, 4) is 11.1 Å². The van der Waals surface area contributed by atoms with E-state index >= 15 is 0 Å². The number of fused-ring (bicyclic) bond motifs is 2. The zero-order chi connectivity index (χ0) is 16.5. The molecule has 0 aliphatic carbocycles. The van der Waals surface area contributed by atoms with E-state index in [1.165, 1.54) is 0 Å². The molecule has 4 heterocycles. The minimum Gasteiger partial charge on any atom is -0.348 e. The van der Waals surface area contributed by atoms with E-state index < -0.39 is 0 Å². The molecule has 7 nitrogen and oxygen atoms in total. The van der Waals surface area contributed by atoms with Crippen molar-refractivity contribution >= 4 is 23.0 Å². The first-order valence-electron chi connectivity index (χ1n) is 7.68. The summed E-state index contributed by atoms with van der Waals surface area (Å²) in [5.41, 5.74) is 4.92. The lowest BCUT2D eigenvalue weighted by Crippen LogP contribution is -2.18. The van der Waals surface area contributed by atoms with E-state index in [0.29, 0.717) is 6.54 Å². The summed E-state index contributed by atoms with van der Waals surface area (Å²) >= 11 is 0.